The quantitative estimate of drug-likeness (QED) is 0.776. The van der Waals surface area contributed by atoms with E-state index in [1.807, 2.05) is 11.8 Å². The third-order valence-corrected chi connectivity index (χ3v) is 5.27. The van der Waals surface area contributed by atoms with Gasteiger partial charge in [0.1, 0.15) is 0 Å². The van der Waals surface area contributed by atoms with Crippen molar-refractivity contribution in [3.63, 3.8) is 0 Å². The van der Waals surface area contributed by atoms with Gasteiger partial charge in [-0.25, -0.2) is 0 Å². The van der Waals surface area contributed by atoms with Gasteiger partial charge in [-0.3, -0.25) is 14.4 Å². The van der Waals surface area contributed by atoms with Gasteiger partial charge in [0.2, 0.25) is 11.8 Å². The molecule has 0 aromatic heterocycles. The van der Waals surface area contributed by atoms with E-state index in [-0.39, 0.29) is 23.7 Å². The van der Waals surface area contributed by atoms with Crippen LogP contribution in [0.15, 0.2) is 0 Å². The molecular formula is C18H30N2O4. The van der Waals surface area contributed by atoms with Crippen molar-refractivity contribution in [1.82, 2.24) is 10.2 Å². The van der Waals surface area contributed by atoms with Gasteiger partial charge in [0.05, 0.1) is 5.92 Å². The van der Waals surface area contributed by atoms with Crippen LogP contribution in [0.1, 0.15) is 58.3 Å². The normalized spacial score (nSPS) is 27.5. The van der Waals surface area contributed by atoms with Crippen molar-refractivity contribution in [2.24, 2.45) is 17.8 Å². The lowest BCUT2D eigenvalue weighted by Gasteiger charge is -2.36. The van der Waals surface area contributed by atoms with Gasteiger partial charge in [-0.2, -0.15) is 0 Å². The summed E-state index contributed by atoms with van der Waals surface area (Å²) in [5.74, 6) is -0.789. The van der Waals surface area contributed by atoms with Crippen LogP contribution in [0.3, 0.4) is 0 Å². The van der Waals surface area contributed by atoms with Crippen LogP contribution in [-0.4, -0.2) is 47.4 Å². The number of rotatable bonds is 6. The zero-order valence-corrected chi connectivity index (χ0v) is 14.6. The predicted molar refractivity (Wildman–Crippen MR) is 90.3 cm³/mol. The van der Waals surface area contributed by atoms with Crippen LogP contribution in [0.5, 0.6) is 0 Å². The Kier molecular flexibility index (Phi) is 7.06. The molecule has 0 aromatic carbocycles. The molecule has 3 atom stereocenters. The number of nitrogens with zero attached hydrogens (tertiary/aromatic N) is 1. The first-order valence-electron chi connectivity index (χ1n) is 9.29. The van der Waals surface area contributed by atoms with E-state index in [1.54, 1.807) is 0 Å². The Morgan fingerprint density at radius 2 is 1.88 bits per heavy atom. The summed E-state index contributed by atoms with van der Waals surface area (Å²) in [6.45, 7) is 4.05. The zero-order valence-electron chi connectivity index (χ0n) is 14.6. The predicted octanol–water partition coefficient (Wildman–Crippen LogP) is 2.03. The number of likely N-dealkylation sites (tertiary alicyclic amines) is 1. The molecule has 6 nitrogen and oxygen atoms in total. The summed E-state index contributed by atoms with van der Waals surface area (Å²) < 4.78 is 0. The zero-order chi connectivity index (χ0) is 17.5. The minimum absolute atomic E-state index is 0.0810. The third kappa shape index (κ3) is 5.21. The van der Waals surface area contributed by atoms with E-state index in [0.29, 0.717) is 38.3 Å². The average Bonchev–Trinajstić information content (AvgIpc) is 2.60. The first-order valence-corrected chi connectivity index (χ1v) is 9.29. The Morgan fingerprint density at radius 1 is 1.12 bits per heavy atom. The number of carboxylic acids is 1. The summed E-state index contributed by atoms with van der Waals surface area (Å²) in [4.78, 5) is 37.4. The molecule has 1 saturated carbocycles. The molecule has 2 amide bonds. The van der Waals surface area contributed by atoms with E-state index in [0.717, 1.165) is 38.6 Å². The maximum absolute atomic E-state index is 12.8. The van der Waals surface area contributed by atoms with Crippen LogP contribution in [0.4, 0.5) is 0 Å². The molecule has 2 rings (SSSR count). The van der Waals surface area contributed by atoms with Gasteiger partial charge in [-0.1, -0.05) is 13.3 Å². The summed E-state index contributed by atoms with van der Waals surface area (Å²) in [7, 11) is 0. The smallest absolute Gasteiger partial charge is 0.306 e. The molecule has 1 saturated heterocycles. The second kappa shape index (κ2) is 9.04. The molecule has 2 aliphatic rings. The first-order chi connectivity index (χ1) is 11.5. The highest BCUT2D eigenvalue weighted by molar-refractivity contribution is 5.80. The van der Waals surface area contributed by atoms with Gasteiger partial charge in [-0.05, 0) is 44.4 Å². The summed E-state index contributed by atoms with van der Waals surface area (Å²) in [6.07, 6.45) is 6.15. The molecule has 1 heterocycles. The van der Waals surface area contributed by atoms with Crippen LogP contribution in [0.25, 0.3) is 0 Å². The van der Waals surface area contributed by atoms with E-state index in [4.69, 9.17) is 0 Å². The van der Waals surface area contributed by atoms with Gasteiger partial charge in [0.15, 0.2) is 0 Å². The third-order valence-electron chi connectivity index (χ3n) is 5.27. The van der Waals surface area contributed by atoms with Crippen molar-refractivity contribution in [2.45, 2.75) is 58.3 Å². The maximum Gasteiger partial charge on any atom is 0.306 e. The fourth-order valence-corrected chi connectivity index (χ4v) is 3.90. The Balaban J connectivity index is 1.83. The topological polar surface area (TPSA) is 86.7 Å². The van der Waals surface area contributed by atoms with E-state index in [1.165, 1.54) is 0 Å². The molecule has 136 valence electrons. The lowest BCUT2D eigenvalue weighted by atomic mass is 9.80. The molecule has 2 N–H and O–H groups in total. The van der Waals surface area contributed by atoms with Crippen LogP contribution in [-0.2, 0) is 14.4 Å². The van der Waals surface area contributed by atoms with Crippen molar-refractivity contribution in [3.8, 4) is 0 Å². The van der Waals surface area contributed by atoms with Gasteiger partial charge < -0.3 is 15.3 Å². The molecule has 3 unspecified atom stereocenters. The average molecular weight is 338 g/mol. The molecule has 1 aliphatic carbocycles. The molecule has 2 fully saturated rings. The highest BCUT2D eigenvalue weighted by Crippen LogP contribution is 2.31. The number of carbonyl (C=O) groups is 3. The van der Waals surface area contributed by atoms with Gasteiger partial charge in [0.25, 0.3) is 0 Å². The number of carbonyl (C=O) groups excluding carboxylic acids is 2. The van der Waals surface area contributed by atoms with Crippen LogP contribution < -0.4 is 5.32 Å². The van der Waals surface area contributed by atoms with Crippen LogP contribution in [0, 0.1) is 17.8 Å². The Morgan fingerprint density at radius 3 is 2.58 bits per heavy atom. The number of aliphatic carboxylic acids is 1. The molecule has 0 spiro atoms. The Hall–Kier alpha value is -1.59. The molecule has 0 radical (unpaired) electrons. The standard InChI is InChI=1S/C18H30N2O4/c1-2-5-16(21)19-11-13-6-4-9-20(12-13)17(22)14-7-3-8-15(10-14)18(23)24/h13-15H,2-12H2,1H3,(H,19,21)(H,23,24). The molecule has 6 heteroatoms. The van der Waals surface area contributed by atoms with Gasteiger partial charge in [-0.15, -0.1) is 0 Å². The van der Waals surface area contributed by atoms with Crippen molar-refractivity contribution >= 4 is 17.8 Å². The van der Waals surface area contributed by atoms with E-state index in [2.05, 4.69) is 5.32 Å². The van der Waals surface area contributed by atoms with Crippen molar-refractivity contribution in [3.05, 3.63) is 0 Å². The monoisotopic (exact) mass is 338 g/mol. The Bertz CT molecular complexity index is 466. The summed E-state index contributed by atoms with van der Waals surface area (Å²) in [5, 5.41) is 12.2. The summed E-state index contributed by atoms with van der Waals surface area (Å²) in [6, 6.07) is 0. The van der Waals surface area contributed by atoms with Crippen molar-refractivity contribution < 1.29 is 19.5 Å². The second-order valence-electron chi connectivity index (χ2n) is 7.25. The summed E-state index contributed by atoms with van der Waals surface area (Å²) in [5.41, 5.74) is 0. The van der Waals surface area contributed by atoms with Crippen LogP contribution in [0.2, 0.25) is 0 Å². The number of hydrogen-bond donors (Lipinski definition) is 2. The SMILES string of the molecule is CCCC(=O)NCC1CCCN(C(=O)C2CCCC(C(=O)O)C2)C1. The second-order valence-corrected chi connectivity index (χ2v) is 7.25. The van der Waals surface area contributed by atoms with E-state index < -0.39 is 5.97 Å². The van der Waals surface area contributed by atoms with Gasteiger partial charge in [0, 0.05) is 32.0 Å². The highest BCUT2D eigenvalue weighted by Gasteiger charge is 2.34. The lowest BCUT2D eigenvalue weighted by Crippen LogP contribution is -2.46. The van der Waals surface area contributed by atoms with Crippen molar-refractivity contribution in [1.29, 1.82) is 0 Å². The summed E-state index contributed by atoms with van der Waals surface area (Å²) >= 11 is 0. The molecular weight excluding hydrogens is 308 g/mol. The Labute approximate surface area is 144 Å². The molecule has 1 aliphatic heterocycles. The molecule has 24 heavy (non-hydrogen) atoms. The first kappa shape index (κ1) is 18.7. The van der Waals surface area contributed by atoms with E-state index >= 15 is 0 Å². The minimum Gasteiger partial charge on any atom is -0.481 e. The fourth-order valence-electron chi connectivity index (χ4n) is 3.90. The lowest BCUT2D eigenvalue weighted by molar-refractivity contribution is -0.146. The minimum atomic E-state index is -0.775. The van der Waals surface area contributed by atoms with Gasteiger partial charge >= 0.3 is 5.97 Å². The van der Waals surface area contributed by atoms with Crippen molar-refractivity contribution in [2.75, 3.05) is 19.6 Å². The maximum atomic E-state index is 12.8. The number of hydrogen-bond acceptors (Lipinski definition) is 3. The number of amides is 2. The number of nitrogens with one attached hydrogen (secondary N) is 1. The number of carboxylic acid groups (broad SMARTS) is 1. The van der Waals surface area contributed by atoms with Crippen LogP contribution >= 0.6 is 0 Å². The fraction of sp³-hybridized carbons (Fsp3) is 0.833. The molecule has 0 bridgehead atoms. The van der Waals surface area contributed by atoms with E-state index in [9.17, 15) is 19.5 Å². The molecule has 0 aromatic rings. The number of piperidine rings is 1. The largest absolute Gasteiger partial charge is 0.481 e. The highest BCUT2D eigenvalue weighted by atomic mass is 16.4.